The predicted molar refractivity (Wildman–Crippen MR) is 121 cm³/mol. The van der Waals surface area contributed by atoms with Gasteiger partial charge < -0.3 is 14.8 Å². The number of hydrogen-bond donors (Lipinski definition) is 1. The molecule has 1 fully saturated rings. The van der Waals surface area contributed by atoms with Crippen molar-refractivity contribution in [3.63, 3.8) is 0 Å². The van der Waals surface area contributed by atoms with Crippen molar-refractivity contribution >= 4 is 11.9 Å². The maximum absolute atomic E-state index is 12.2. The highest BCUT2D eigenvalue weighted by Crippen LogP contribution is 2.24. The van der Waals surface area contributed by atoms with Crippen molar-refractivity contribution in [1.82, 2.24) is 5.32 Å². The number of benzene rings is 2. The number of carbonyl (C=O) groups excluding carboxylic acids is 2. The fraction of sp³-hybridized carbons (Fsp3) is 0.462. The molecule has 1 amide bonds. The molecular weight excluding hydrogens is 390 g/mol. The largest absolute Gasteiger partial charge is 0.489 e. The van der Waals surface area contributed by atoms with Crippen molar-refractivity contribution in [2.45, 2.75) is 70.9 Å². The average Bonchev–Trinajstić information content (AvgIpc) is 2.77. The lowest BCUT2D eigenvalue weighted by atomic mass is 9.87. The molecule has 0 bridgehead atoms. The number of esters is 1. The smallest absolute Gasteiger partial charge is 0.338 e. The van der Waals surface area contributed by atoms with E-state index in [1.807, 2.05) is 24.3 Å². The Hall–Kier alpha value is -2.82. The van der Waals surface area contributed by atoms with Crippen LogP contribution in [0.1, 0.15) is 74.4 Å². The van der Waals surface area contributed by atoms with Crippen LogP contribution in [0.15, 0.2) is 48.5 Å². The van der Waals surface area contributed by atoms with Gasteiger partial charge in [0.25, 0.3) is 5.91 Å². The van der Waals surface area contributed by atoms with Crippen molar-refractivity contribution in [3.8, 4) is 5.75 Å². The molecule has 1 N–H and O–H groups in total. The molecule has 0 aromatic heterocycles. The van der Waals surface area contributed by atoms with E-state index in [0.717, 1.165) is 37.0 Å². The minimum Gasteiger partial charge on any atom is -0.489 e. The summed E-state index contributed by atoms with van der Waals surface area (Å²) < 4.78 is 11.0. The third-order valence-corrected chi connectivity index (χ3v) is 5.62. The van der Waals surface area contributed by atoms with Crippen LogP contribution in [0.25, 0.3) is 0 Å². The van der Waals surface area contributed by atoms with Crippen molar-refractivity contribution in [3.05, 3.63) is 65.2 Å². The number of amides is 1. The normalized spacial score (nSPS) is 14.7. The lowest BCUT2D eigenvalue weighted by Crippen LogP contribution is -2.38. The minimum absolute atomic E-state index is 0.111. The van der Waals surface area contributed by atoms with Crippen LogP contribution >= 0.6 is 0 Å². The molecule has 0 saturated heterocycles. The highest BCUT2D eigenvalue weighted by molar-refractivity contribution is 5.91. The lowest BCUT2D eigenvalue weighted by Gasteiger charge is -2.22. The van der Waals surface area contributed by atoms with E-state index in [1.54, 1.807) is 12.1 Å². The molecule has 5 heteroatoms. The Morgan fingerprint density at radius 3 is 2.19 bits per heavy atom. The predicted octanol–water partition coefficient (Wildman–Crippen LogP) is 5.17. The topological polar surface area (TPSA) is 64.6 Å². The molecule has 2 aromatic carbocycles. The van der Waals surface area contributed by atoms with E-state index < -0.39 is 5.97 Å². The highest BCUT2D eigenvalue weighted by Gasteiger charge is 2.17. The SMILES string of the molecule is CC(C)(C)c1ccc(OCc2ccc(C(=O)OCC(=O)NC3CCCCC3)cc2)cc1. The number of hydrogen-bond acceptors (Lipinski definition) is 4. The molecule has 0 spiro atoms. The summed E-state index contributed by atoms with van der Waals surface area (Å²) >= 11 is 0. The van der Waals surface area contributed by atoms with Crippen LogP contribution in [-0.4, -0.2) is 24.5 Å². The fourth-order valence-electron chi connectivity index (χ4n) is 3.69. The van der Waals surface area contributed by atoms with E-state index in [9.17, 15) is 9.59 Å². The summed E-state index contributed by atoms with van der Waals surface area (Å²) in [4.78, 5) is 24.2. The Morgan fingerprint density at radius 1 is 0.935 bits per heavy atom. The van der Waals surface area contributed by atoms with Crippen LogP contribution in [-0.2, 0) is 21.6 Å². The highest BCUT2D eigenvalue weighted by atomic mass is 16.5. The maximum Gasteiger partial charge on any atom is 0.338 e. The van der Waals surface area contributed by atoms with Gasteiger partial charge in [0.05, 0.1) is 5.56 Å². The van der Waals surface area contributed by atoms with Gasteiger partial charge in [0.2, 0.25) is 0 Å². The first kappa shape index (κ1) is 22.9. The molecule has 1 saturated carbocycles. The third-order valence-electron chi connectivity index (χ3n) is 5.62. The van der Waals surface area contributed by atoms with E-state index in [4.69, 9.17) is 9.47 Å². The molecule has 0 heterocycles. The summed E-state index contributed by atoms with van der Waals surface area (Å²) in [6.45, 7) is 6.70. The molecule has 5 nitrogen and oxygen atoms in total. The lowest BCUT2D eigenvalue weighted by molar-refractivity contribution is -0.125. The van der Waals surface area contributed by atoms with Gasteiger partial charge >= 0.3 is 5.97 Å². The number of carbonyl (C=O) groups is 2. The summed E-state index contributed by atoms with van der Waals surface area (Å²) in [6, 6.07) is 15.4. The molecule has 0 atom stereocenters. The van der Waals surface area contributed by atoms with Crippen LogP contribution in [0.2, 0.25) is 0 Å². The van der Waals surface area contributed by atoms with Gasteiger partial charge in [-0.15, -0.1) is 0 Å². The molecule has 31 heavy (non-hydrogen) atoms. The first-order chi connectivity index (χ1) is 14.8. The Morgan fingerprint density at radius 2 is 1.58 bits per heavy atom. The van der Waals surface area contributed by atoms with Crippen molar-refractivity contribution in [2.75, 3.05) is 6.61 Å². The van der Waals surface area contributed by atoms with E-state index in [2.05, 4.69) is 38.2 Å². The second-order valence-electron chi connectivity index (χ2n) is 9.24. The third kappa shape index (κ3) is 7.12. The standard InChI is InChI=1S/C26H33NO4/c1-26(2,3)21-13-15-23(16-14-21)30-17-19-9-11-20(12-10-19)25(29)31-18-24(28)27-22-7-5-4-6-8-22/h9-16,22H,4-8,17-18H2,1-3H3,(H,27,28). The molecule has 166 valence electrons. The van der Waals surface area contributed by atoms with Gasteiger partial charge in [0.1, 0.15) is 12.4 Å². The van der Waals surface area contributed by atoms with Gasteiger partial charge in [0.15, 0.2) is 6.61 Å². The minimum atomic E-state index is -0.496. The van der Waals surface area contributed by atoms with Crippen LogP contribution in [0.3, 0.4) is 0 Å². The average molecular weight is 424 g/mol. The Kier molecular flexibility index (Phi) is 7.72. The van der Waals surface area contributed by atoms with Gasteiger partial charge in [-0.3, -0.25) is 4.79 Å². The Labute approximate surface area is 185 Å². The first-order valence-electron chi connectivity index (χ1n) is 11.1. The number of ether oxygens (including phenoxy) is 2. The van der Waals surface area contributed by atoms with Gasteiger partial charge in [-0.05, 0) is 53.6 Å². The summed E-state index contributed by atoms with van der Waals surface area (Å²) in [5.41, 5.74) is 2.74. The second-order valence-corrected chi connectivity index (χ2v) is 9.24. The van der Waals surface area contributed by atoms with Crippen LogP contribution in [0.4, 0.5) is 0 Å². The summed E-state index contributed by atoms with van der Waals surface area (Å²) in [6.07, 6.45) is 5.52. The van der Waals surface area contributed by atoms with Gasteiger partial charge in [-0.2, -0.15) is 0 Å². The van der Waals surface area contributed by atoms with Gasteiger partial charge in [-0.1, -0.05) is 64.3 Å². The molecule has 1 aliphatic carbocycles. The second kappa shape index (κ2) is 10.5. The molecule has 0 unspecified atom stereocenters. The summed E-state index contributed by atoms with van der Waals surface area (Å²) in [5.74, 6) is 0.0762. The zero-order chi connectivity index (χ0) is 22.3. The molecule has 3 rings (SSSR count). The Balaban J connectivity index is 1.43. The molecular formula is C26H33NO4. The Bertz CT molecular complexity index is 860. The van der Waals surface area contributed by atoms with Crippen LogP contribution < -0.4 is 10.1 Å². The quantitative estimate of drug-likeness (QED) is 0.624. The zero-order valence-electron chi connectivity index (χ0n) is 18.8. The van der Waals surface area contributed by atoms with E-state index in [0.29, 0.717) is 12.2 Å². The zero-order valence-corrected chi connectivity index (χ0v) is 18.8. The molecule has 0 aliphatic heterocycles. The van der Waals surface area contributed by atoms with Crippen LogP contribution in [0, 0.1) is 0 Å². The summed E-state index contributed by atoms with van der Waals surface area (Å²) in [5, 5.41) is 2.95. The van der Waals surface area contributed by atoms with E-state index >= 15 is 0 Å². The summed E-state index contributed by atoms with van der Waals surface area (Å²) in [7, 11) is 0. The molecule has 1 aliphatic rings. The van der Waals surface area contributed by atoms with Gasteiger partial charge in [0, 0.05) is 6.04 Å². The van der Waals surface area contributed by atoms with Crippen molar-refractivity contribution in [1.29, 1.82) is 0 Å². The van der Waals surface area contributed by atoms with E-state index in [-0.39, 0.29) is 24.0 Å². The number of rotatable bonds is 7. The van der Waals surface area contributed by atoms with Crippen molar-refractivity contribution < 1.29 is 19.1 Å². The fourth-order valence-corrected chi connectivity index (χ4v) is 3.69. The monoisotopic (exact) mass is 423 g/mol. The molecule has 0 radical (unpaired) electrons. The number of nitrogens with one attached hydrogen (secondary N) is 1. The first-order valence-corrected chi connectivity index (χ1v) is 11.1. The molecule has 2 aromatic rings. The maximum atomic E-state index is 12.2. The van der Waals surface area contributed by atoms with Crippen molar-refractivity contribution in [2.24, 2.45) is 0 Å². The van der Waals surface area contributed by atoms with Crippen LogP contribution in [0.5, 0.6) is 5.75 Å². The van der Waals surface area contributed by atoms with Gasteiger partial charge in [-0.25, -0.2) is 4.79 Å². The van der Waals surface area contributed by atoms with E-state index in [1.165, 1.54) is 12.0 Å².